The van der Waals surface area contributed by atoms with E-state index in [4.69, 9.17) is 4.74 Å². The van der Waals surface area contributed by atoms with Crippen LogP contribution in [0.15, 0.2) is 54.6 Å². The van der Waals surface area contributed by atoms with Gasteiger partial charge in [-0.3, -0.25) is 9.59 Å². The summed E-state index contributed by atoms with van der Waals surface area (Å²) in [6.45, 7) is 2.29. The quantitative estimate of drug-likeness (QED) is 0.778. The Hall–Kier alpha value is -3.12. The molecule has 1 saturated heterocycles. The number of aromatic nitrogens is 1. The van der Waals surface area contributed by atoms with E-state index in [9.17, 15) is 9.59 Å². The fourth-order valence-electron chi connectivity index (χ4n) is 3.38. The van der Waals surface area contributed by atoms with Crippen LogP contribution in [0.3, 0.4) is 0 Å². The predicted molar refractivity (Wildman–Crippen MR) is 104 cm³/mol. The molecule has 2 heterocycles. The van der Waals surface area contributed by atoms with Crippen molar-refractivity contribution in [3.63, 3.8) is 0 Å². The average molecular weight is 363 g/mol. The number of nitrogens with one attached hydrogen (secondary N) is 1. The number of morpholine rings is 1. The van der Waals surface area contributed by atoms with Gasteiger partial charge in [0.25, 0.3) is 11.8 Å². The van der Waals surface area contributed by atoms with Crippen LogP contribution in [0.5, 0.6) is 0 Å². The fraction of sp³-hybridized carbons (Fsp3) is 0.238. The Bertz CT molecular complexity index is 1000. The van der Waals surface area contributed by atoms with Crippen molar-refractivity contribution >= 4 is 28.4 Å². The number of nitrogens with zero attached hydrogens (tertiary/aromatic N) is 2. The van der Waals surface area contributed by atoms with Crippen LogP contribution in [0, 0.1) is 0 Å². The van der Waals surface area contributed by atoms with E-state index >= 15 is 0 Å². The molecule has 138 valence electrons. The third-order valence-corrected chi connectivity index (χ3v) is 4.85. The number of anilines is 1. The second kappa shape index (κ2) is 7.25. The monoisotopic (exact) mass is 363 g/mol. The number of aryl methyl sites for hydroxylation is 1. The highest BCUT2D eigenvalue weighted by molar-refractivity contribution is 6.07. The summed E-state index contributed by atoms with van der Waals surface area (Å²) < 4.78 is 7.16. The molecule has 2 aromatic carbocycles. The molecule has 1 fully saturated rings. The van der Waals surface area contributed by atoms with E-state index in [1.54, 1.807) is 29.2 Å². The highest BCUT2D eigenvalue weighted by atomic mass is 16.5. The van der Waals surface area contributed by atoms with E-state index in [0.29, 0.717) is 43.2 Å². The Labute approximate surface area is 157 Å². The first-order valence-electron chi connectivity index (χ1n) is 8.96. The lowest BCUT2D eigenvalue weighted by Gasteiger charge is -2.27. The van der Waals surface area contributed by atoms with E-state index < -0.39 is 0 Å². The van der Waals surface area contributed by atoms with Crippen LogP contribution < -0.4 is 5.32 Å². The van der Waals surface area contributed by atoms with Crippen molar-refractivity contribution in [2.45, 2.75) is 0 Å². The molecule has 1 aliphatic heterocycles. The van der Waals surface area contributed by atoms with Crippen molar-refractivity contribution < 1.29 is 14.3 Å². The number of carbonyl (C=O) groups is 2. The second-order valence-electron chi connectivity index (χ2n) is 6.59. The lowest BCUT2D eigenvalue weighted by molar-refractivity contribution is 0.0303. The first kappa shape index (κ1) is 17.3. The number of rotatable bonds is 3. The minimum atomic E-state index is -0.204. The van der Waals surface area contributed by atoms with E-state index in [0.717, 1.165) is 10.9 Å². The van der Waals surface area contributed by atoms with Gasteiger partial charge in [0, 0.05) is 42.3 Å². The van der Waals surface area contributed by atoms with Gasteiger partial charge in [0.2, 0.25) is 0 Å². The summed E-state index contributed by atoms with van der Waals surface area (Å²) in [6.07, 6.45) is 0. The van der Waals surface area contributed by atoms with Crippen LogP contribution in [0.1, 0.15) is 20.8 Å². The molecule has 6 nitrogen and oxygen atoms in total. The molecule has 0 atom stereocenters. The van der Waals surface area contributed by atoms with E-state index in [1.165, 1.54) is 0 Å². The number of fused-ring (bicyclic) bond motifs is 1. The molecule has 6 heteroatoms. The highest BCUT2D eigenvalue weighted by Crippen LogP contribution is 2.20. The third-order valence-electron chi connectivity index (χ3n) is 4.85. The normalized spacial score (nSPS) is 14.3. The zero-order valence-corrected chi connectivity index (χ0v) is 15.1. The van der Waals surface area contributed by atoms with Gasteiger partial charge in [-0.15, -0.1) is 0 Å². The minimum absolute atomic E-state index is 0.0426. The second-order valence-corrected chi connectivity index (χ2v) is 6.59. The Morgan fingerprint density at radius 1 is 1.00 bits per heavy atom. The van der Waals surface area contributed by atoms with Gasteiger partial charge in [0.15, 0.2) is 0 Å². The summed E-state index contributed by atoms with van der Waals surface area (Å²) in [4.78, 5) is 27.1. The third kappa shape index (κ3) is 3.44. The van der Waals surface area contributed by atoms with Crippen LogP contribution in [-0.2, 0) is 11.8 Å². The van der Waals surface area contributed by atoms with Gasteiger partial charge < -0.3 is 19.5 Å². The maximum Gasteiger partial charge on any atom is 0.272 e. The number of amides is 2. The van der Waals surface area contributed by atoms with Crippen molar-refractivity contribution in [3.8, 4) is 0 Å². The van der Waals surface area contributed by atoms with Gasteiger partial charge in [-0.05, 0) is 30.3 Å². The summed E-state index contributed by atoms with van der Waals surface area (Å²) in [5.74, 6) is -0.247. The average Bonchev–Trinajstić information content (AvgIpc) is 3.05. The van der Waals surface area contributed by atoms with Gasteiger partial charge in [-0.2, -0.15) is 0 Å². The molecule has 1 aliphatic rings. The minimum Gasteiger partial charge on any atom is -0.378 e. The Balaban J connectivity index is 1.54. The van der Waals surface area contributed by atoms with Crippen molar-refractivity contribution in [2.75, 3.05) is 31.6 Å². The van der Waals surface area contributed by atoms with Crippen LogP contribution in [0.25, 0.3) is 10.9 Å². The maximum absolute atomic E-state index is 12.7. The number of hydrogen-bond acceptors (Lipinski definition) is 3. The number of carbonyl (C=O) groups excluding carboxylic acids is 2. The smallest absolute Gasteiger partial charge is 0.272 e. The maximum atomic E-state index is 12.7. The summed E-state index contributed by atoms with van der Waals surface area (Å²) in [6, 6.07) is 16.8. The largest absolute Gasteiger partial charge is 0.378 e. The number of hydrogen-bond donors (Lipinski definition) is 1. The first-order chi connectivity index (χ1) is 13.1. The molecule has 1 aromatic heterocycles. The number of benzene rings is 2. The molecule has 3 aromatic rings. The van der Waals surface area contributed by atoms with Gasteiger partial charge >= 0.3 is 0 Å². The first-order valence-corrected chi connectivity index (χ1v) is 8.96. The van der Waals surface area contributed by atoms with E-state index in [2.05, 4.69) is 5.32 Å². The predicted octanol–water partition coefficient (Wildman–Crippen LogP) is 2.90. The van der Waals surface area contributed by atoms with Crippen molar-refractivity contribution in [2.24, 2.45) is 7.05 Å². The van der Waals surface area contributed by atoms with Crippen LogP contribution in [-0.4, -0.2) is 47.6 Å². The van der Waals surface area contributed by atoms with Gasteiger partial charge in [0.1, 0.15) is 5.69 Å². The van der Waals surface area contributed by atoms with E-state index in [1.807, 2.05) is 41.9 Å². The van der Waals surface area contributed by atoms with Crippen molar-refractivity contribution in [1.82, 2.24) is 9.47 Å². The molecule has 0 saturated carbocycles. The summed E-state index contributed by atoms with van der Waals surface area (Å²) >= 11 is 0. The molecule has 2 amide bonds. The Morgan fingerprint density at radius 3 is 2.56 bits per heavy atom. The lowest BCUT2D eigenvalue weighted by atomic mass is 10.1. The van der Waals surface area contributed by atoms with Gasteiger partial charge in [-0.1, -0.05) is 24.3 Å². The van der Waals surface area contributed by atoms with Crippen LogP contribution >= 0.6 is 0 Å². The fourth-order valence-corrected chi connectivity index (χ4v) is 3.38. The summed E-state index contributed by atoms with van der Waals surface area (Å²) in [5.41, 5.74) is 2.73. The Morgan fingerprint density at radius 2 is 1.78 bits per heavy atom. The van der Waals surface area contributed by atoms with Crippen molar-refractivity contribution in [1.29, 1.82) is 0 Å². The van der Waals surface area contributed by atoms with Gasteiger partial charge in [0.05, 0.1) is 13.2 Å². The summed E-state index contributed by atoms with van der Waals surface area (Å²) in [7, 11) is 1.87. The van der Waals surface area contributed by atoms with E-state index in [-0.39, 0.29) is 11.8 Å². The zero-order chi connectivity index (χ0) is 18.8. The van der Waals surface area contributed by atoms with Crippen LogP contribution in [0.4, 0.5) is 5.69 Å². The molecule has 1 N–H and O–H groups in total. The molecule has 0 aliphatic carbocycles. The molecule has 27 heavy (non-hydrogen) atoms. The number of ether oxygens (including phenoxy) is 1. The molecule has 0 unspecified atom stereocenters. The Kier molecular flexibility index (Phi) is 4.64. The lowest BCUT2D eigenvalue weighted by Crippen LogP contribution is -2.40. The van der Waals surface area contributed by atoms with Crippen molar-refractivity contribution in [3.05, 3.63) is 65.9 Å². The molecule has 0 spiro atoms. The molecular weight excluding hydrogens is 342 g/mol. The standard InChI is InChI=1S/C21H21N3O3/c1-23-18-8-3-2-5-15(18)14-19(23)20(25)22-17-7-4-6-16(13-17)21(26)24-9-11-27-12-10-24/h2-8,13-14H,9-12H2,1H3,(H,22,25). The molecule has 4 rings (SSSR count). The SMILES string of the molecule is Cn1c(C(=O)Nc2cccc(C(=O)N3CCOCC3)c2)cc2ccccc21. The molecular formula is C21H21N3O3. The molecule has 0 bridgehead atoms. The molecule has 0 radical (unpaired) electrons. The number of para-hydroxylation sites is 1. The van der Waals surface area contributed by atoms with Gasteiger partial charge in [-0.25, -0.2) is 0 Å². The zero-order valence-electron chi connectivity index (χ0n) is 15.1. The van der Waals surface area contributed by atoms with Crippen LogP contribution in [0.2, 0.25) is 0 Å². The summed E-state index contributed by atoms with van der Waals surface area (Å²) in [5, 5.41) is 3.92. The topological polar surface area (TPSA) is 63.6 Å². The highest BCUT2D eigenvalue weighted by Gasteiger charge is 2.19.